The van der Waals surface area contributed by atoms with Crippen molar-refractivity contribution < 1.29 is 20.1 Å². The third-order valence-corrected chi connectivity index (χ3v) is 2.25. The maximum atomic E-state index is 11.2. The topological polar surface area (TPSA) is 93.0 Å². The predicted molar refractivity (Wildman–Crippen MR) is 55.3 cm³/mol. The highest BCUT2D eigenvalue weighted by atomic mass is 16.3. The second-order valence-electron chi connectivity index (χ2n) is 3.72. The highest BCUT2D eigenvalue weighted by Crippen LogP contribution is 2.01. The maximum Gasteiger partial charge on any atom is 0.223 e. The molecule has 0 spiro atoms. The average molecular weight is 220 g/mol. The maximum absolute atomic E-state index is 11.2. The summed E-state index contributed by atoms with van der Waals surface area (Å²) in [6.45, 7) is -0.832. The number of amides is 1. The summed E-state index contributed by atoms with van der Waals surface area (Å²) in [5.41, 5.74) is -1.10. The summed E-state index contributed by atoms with van der Waals surface area (Å²) >= 11 is 0. The molecule has 0 aromatic rings. The molecule has 15 heavy (non-hydrogen) atoms. The molecule has 0 aromatic heterocycles. The van der Waals surface area contributed by atoms with Crippen LogP contribution < -0.4 is 5.32 Å². The Morgan fingerprint density at radius 2 is 1.67 bits per heavy atom. The van der Waals surface area contributed by atoms with E-state index in [1.807, 2.05) is 0 Å². The van der Waals surface area contributed by atoms with Crippen LogP contribution in [0.1, 0.15) is 6.42 Å². The Labute approximate surface area is 89.5 Å². The first kappa shape index (κ1) is 14.3. The van der Waals surface area contributed by atoms with Crippen LogP contribution in [0.4, 0.5) is 0 Å². The van der Waals surface area contributed by atoms with Crippen LogP contribution >= 0.6 is 0 Å². The van der Waals surface area contributed by atoms with E-state index < -0.39 is 5.54 Å². The highest BCUT2D eigenvalue weighted by molar-refractivity contribution is 5.75. The van der Waals surface area contributed by atoms with Crippen molar-refractivity contribution >= 4 is 5.91 Å². The van der Waals surface area contributed by atoms with Crippen LogP contribution in [0.2, 0.25) is 0 Å². The zero-order valence-electron chi connectivity index (χ0n) is 9.23. The Bertz CT molecular complexity index is 184. The van der Waals surface area contributed by atoms with Gasteiger partial charge in [-0.3, -0.25) is 4.79 Å². The number of carbonyl (C=O) groups is 1. The second-order valence-corrected chi connectivity index (χ2v) is 3.72. The van der Waals surface area contributed by atoms with Crippen molar-refractivity contribution in [2.75, 3.05) is 40.5 Å². The molecule has 0 radical (unpaired) electrons. The van der Waals surface area contributed by atoms with E-state index >= 15 is 0 Å². The molecular weight excluding hydrogens is 200 g/mol. The van der Waals surface area contributed by atoms with Gasteiger partial charge in [-0.1, -0.05) is 0 Å². The van der Waals surface area contributed by atoms with Gasteiger partial charge in [-0.2, -0.15) is 0 Å². The average Bonchev–Trinajstić information content (AvgIpc) is 2.24. The van der Waals surface area contributed by atoms with Gasteiger partial charge in [0.1, 0.15) is 0 Å². The summed E-state index contributed by atoms with van der Waals surface area (Å²) < 4.78 is 0. The number of hydrogen-bond donors (Lipinski definition) is 4. The van der Waals surface area contributed by atoms with Gasteiger partial charge in [-0.15, -0.1) is 0 Å². The summed E-state index contributed by atoms with van der Waals surface area (Å²) in [5, 5.41) is 29.7. The van der Waals surface area contributed by atoms with E-state index in [0.29, 0.717) is 6.54 Å². The molecule has 0 aliphatic rings. The number of rotatable bonds is 7. The number of aliphatic hydroxyl groups is 3. The third-order valence-electron chi connectivity index (χ3n) is 2.25. The van der Waals surface area contributed by atoms with Crippen LogP contribution in [0, 0.1) is 0 Å². The molecule has 6 nitrogen and oxygen atoms in total. The summed E-state index contributed by atoms with van der Waals surface area (Å²) in [5.74, 6) is -0.0507. The van der Waals surface area contributed by atoms with Crippen molar-refractivity contribution in [2.24, 2.45) is 0 Å². The molecule has 6 heteroatoms. The quantitative estimate of drug-likeness (QED) is 0.390. The van der Waals surface area contributed by atoms with Gasteiger partial charge >= 0.3 is 0 Å². The minimum Gasteiger partial charge on any atom is -0.394 e. The van der Waals surface area contributed by atoms with Crippen molar-refractivity contribution in [3.63, 3.8) is 0 Å². The molecule has 0 aliphatic heterocycles. The van der Waals surface area contributed by atoms with E-state index in [2.05, 4.69) is 5.32 Å². The SMILES string of the molecule is CN(C)C(=O)CCNC(CO)(CO)CO. The minimum atomic E-state index is -1.10. The zero-order chi connectivity index (χ0) is 11.9. The Morgan fingerprint density at radius 1 is 1.20 bits per heavy atom. The van der Waals surface area contributed by atoms with E-state index in [1.165, 1.54) is 4.90 Å². The van der Waals surface area contributed by atoms with Crippen LogP contribution in [-0.4, -0.2) is 72.1 Å². The normalized spacial score (nSPS) is 11.5. The Morgan fingerprint density at radius 3 is 2.00 bits per heavy atom. The first-order valence-corrected chi connectivity index (χ1v) is 4.79. The molecule has 0 atom stereocenters. The Hall–Kier alpha value is -0.690. The van der Waals surface area contributed by atoms with Gasteiger partial charge in [0.15, 0.2) is 0 Å². The summed E-state index contributed by atoms with van der Waals surface area (Å²) in [7, 11) is 3.30. The fourth-order valence-corrected chi connectivity index (χ4v) is 0.976. The van der Waals surface area contributed by atoms with Gasteiger partial charge in [-0.05, 0) is 0 Å². The van der Waals surface area contributed by atoms with Gasteiger partial charge < -0.3 is 25.5 Å². The monoisotopic (exact) mass is 220 g/mol. The molecule has 0 aromatic carbocycles. The smallest absolute Gasteiger partial charge is 0.223 e. The van der Waals surface area contributed by atoms with Crippen molar-refractivity contribution in [3.8, 4) is 0 Å². The molecule has 0 fully saturated rings. The van der Waals surface area contributed by atoms with E-state index in [4.69, 9.17) is 15.3 Å². The summed E-state index contributed by atoms with van der Waals surface area (Å²) in [6, 6.07) is 0. The molecular formula is C9H20N2O4. The number of carbonyl (C=O) groups excluding carboxylic acids is 1. The van der Waals surface area contributed by atoms with Crippen molar-refractivity contribution in [1.82, 2.24) is 10.2 Å². The molecule has 1 amide bonds. The Kier molecular flexibility index (Phi) is 6.42. The molecule has 0 aliphatic carbocycles. The fourth-order valence-electron chi connectivity index (χ4n) is 0.976. The van der Waals surface area contributed by atoms with E-state index in [1.54, 1.807) is 14.1 Å². The predicted octanol–water partition coefficient (Wildman–Crippen LogP) is -2.23. The second kappa shape index (κ2) is 6.73. The van der Waals surface area contributed by atoms with Gasteiger partial charge in [-0.25, -0.2) is 0 Å². The molecule has 0 unspecified atom stereocenters. The van der Waals surface area contributed by atoms with Gasteiger partial charge in [0.25, 0.3) is 0 Å². The standard InChI is InChI=1S/C9H20N2O4/c1-11(2)8(15)3-4-10-9(5-12,6-13)7-14/h10,12-14H,3-7H2,1-2H3. The van der Waals surface area contributed by atoms with Gasteiger partial charge in [0.2, 0.25) is 5.91 Å². The van der Waals surface area contributed by atoms with Crippen LogP contribution in [0.25, 0.3) is 0 Å². The molecule has 0 saturated heterocycles. The lowest BCUT2D eigenvalue weighted by atomic mass is 10.0. The van der Waals surface area contributed by atoms with Crippen molar-refractivity contribution in [2.45, 2.75) is 12.0 Å². The number of hydrogen-bond acceptors (Lipinski definition) is 5. The number of nitrogens with one attached hydrogen (secondary N) is 1. The molecule has 0 bridgehead atoms. The van der Waals surface area contributed by atoms with E-state index in [9.17, 15) is 4.79 Å². The third kappa shape index (κ3) is 4.57. The molecule has 0 rings (SSSR count). The zero-order valence-corrected chi connectivity index (χ0v) is 9.23. The van der Waals surface area contributed by atoms with Crippen LogP contribution in [0.3, 0.4) is 0 Å². The molecule has 90 valence electrons. The number of aliphatic hydroxyl groups excluding tert-OH is 3. The van der Waals surface area contributed by atoms with Crippen LogP contribution in [0.15, 0.2) is 0 Å². The lowest BCUT2D eigenvalue weighted by Gasteiger charge is -2.28. The molecule has 0 heterocycles. The van der Waals surface area contributed by atoms with Crippen LogP contribution in [0.5, 0.6) is 0 Å². The van der Waals surface area contributed by atoms with Crippen molar-refractivity contribution in [3.05, 3.63) is 0 Å². The van der Waals surface area contributed by atoms with Gasteiger partial charge in [0, 0.05) is 27.1 Å². The first-order chi connectivity index (χ1) is 7.01. The highest BCUT2D eigenvalue weighted by Gasteiger charge is 2.27. The minimum absolute atomic E-state index is 0.0507. The lowest BCUT2D eigenvalue weighted by Crippen LogP contribution is -2.55. The van der Waals surface area contributed by atoms with E-state index in [-0.39, 0.29) is 32.1 Å². The summed E-state index contributed by atoms with van der Waals surface area (Å²) in [6.07, 6.45) is 0.259. The lowest BCUT2D eigenvalue weighted by molar-refractivity contribution is -0.128. The fraction of sp³-hybridized carbons (Fsp3) is 0.889. The summed E-state index contributed by atoms with van der Waals surface area (Å²) in [4.78, 5) is 12.7. The number of nitrogens with zero attached hydrogens (tertiary/aromatic N) is 1. The molecule has 4 N–H and O–H groups in total. The van der Waals surface area contributed by atoms with E-state index in [0.717, 1.165) is 0 Å². The van der Waals surface area contributed by atoms with Crippen LogP contribution in [-0.2, 0) is 4.79 Å². The Balaban J connectivity index is 3.96. The molecule has 0 saturated carbocycles. The largest absolute Gasteiger partial charge is 0.394 e. The van der Waals surface area contributed by atoms with Crippen molar-refractivity contribution in [1.29, 1.82) is 0 Å². The van der Waals surface area contributed by atoms with Gasteiger partial charge in [0.05, 0.1) is 25.4 Å². The first-order valence-electron chi connectivity index (χ1n) is 4.79.